The Morgan fingerprint density at radius 2 is 1.49 bits per heavy atom. The average molecular weight is 480 g/mol. The molecule has 0 aromatic heterocycles. The molecule has 0 radical (unpaired) electrons. The summed E-state index contributed by atoms with van der Waals surface area (Å²) in [5.41, 5.74) is 4.37. The van der Waals surface area contributed by atoms with Crippen molar-refractivity contribution in [1.82, 2.24) is 10.2 Å². The number of rotatable bonds is 8. The van der Waals surface area contributed by atoms with E-state index in [9.17, 15) is 14.4 Å². The van der Waals surface area contributed by atoms with Crippen molar-refractivity contribution in [3.05, 3.63) is 76.9 Å². The van der Waals surface area contributed by atoms with E-state index < -0.39 is 23.6 Å². The molecule has 1 unspecified atom stereocenters. The van der Waals surface area contributed by atoms with E-state index in [1.165, 1.54) is 4.90 Å². The maximum absolute atomic E-state index is 13.8. The summed E-state index contributed by atoms with van der Waals surface area (Å²) in [5, 5.41) is 5.54. The number of anilines is 1. The molecule has 188 valence electrons. The Kier molecular flexibility index (Phi) is 9.23. The van der Waals surface area contributed by atoms with Crippen LogP contribution in [0, 0.1) is 27.7 Å². The van der Waals surface area contributed by atoms with Crippen LogP contribution in [0.3, 0.4) is 0 Å². The normalized spacial score (nSPS) is 11.9. The molecule has 0 aliphatic rings. The summed E-state index contributed by atoms with van der Waals surface area (Å²) in [7, 11) is 0. The number of carbonyl (C=O) groups excluding carboxylic acids is 3. The minimum atomic E-state index is -0.929. The Hall–Kier alpha value is -3.61. The van der Waals surface area contributed by atoms with Crippen LogP contribution in [0.25, 0.3) is 0 Å². The number of carbonyl (C=O) groups is 3. The van der Waals surface area contributed by atoms with Gasteiger partial charge in [0.2, 0.25) is 5.91 Å². The Morgan fingerprint density at radius 3 is 1.97 bits per heavy atom. The Bertz CT molecular complexity index is 1060. The van der Waals surface area contributed by atoms with E-state index in [0.29, 0.717) is 5.69 Å². The quantitative estimate of drug-likeness (QED) is 0.513. The van der Waals surface area contributed by atoms with Gasteiger partial charge in [-0.3, -0.25) is 9.59 Å². The first-order valence-electron chi connectivity index (χ1n) is 11.7. The summed E-state index contributed by atoms with van der Waals surface area (Å²) in [4.78, 5) is 40.7. The van der Waals surface area contributed by atoms with E-state index in [0.717, 1.165) is 27.8 Å². The first-order chi connectivity index (χ1) is 16.4. The third kappa shape index (κ3) is 7.44. The first-order valence-corrected chi connectivity index (χ1v) is 11.7. The van der Waals surface area contributed by atoms with Gasteiger partial charge in [-0.15, -0.1) is 6.58 Å². The Balaban J connectivity index is 2.46. The molecule has 2 aromatic rings. The van der Waals surface area contributed by atoms with Gasteiger partial charge in [0, 0.05) is 12.2 Å². The van der Waals surface area contributed by atoms with Crippen molar-refractivity contribution in [2.24, 2.45) is 0 Å². The summed E-state index contributed by atoms with van der Waals surface area (Å²) in [6.07, 6.45) is 0.867. The van der Waals surface area contributed by atoms with Gasteiger partial charge in [-0.05, 0) is 76.3 Å². The van der Waals surface area contributed by atoms with E-state index in [1.54, 1.807) is 26.8 Å². The molecule has 0 heterocycles. The van der Waals surface area contributed by atoms with Crippen molar-refractivity contribution >= 4 is 23.6 Å². The third-order valence-electron chi connectivity index (χ3n) is 5.53. The van der Waals surface area contributed by atoms with Crippen LogP contribution >= 0.6 is 0 Å². The predicted octanol–water partition coefficient (Wildman–Crippen LogP) is 5.14. The molecule has 2 N–H and O–H groups in total. The number of nitrogens with one attached hydrogen (secondary N) is 2. The van der Waals surface area contributed by atoms with Crippen LogP contribution < -0.4 is 10.6 Å². The van der Waals surface area contributed by atoms with E-state index in [4.69, 9.17) is 4.74 Å². The largest absolute Gasteiger partial charge is 0.444 e. The number of aryl methyl sites for hydroxylation is 4. The standard InChI is InChI=1S/C28H37N3O4/c1-9-16-31(22(32)17-29-27(34)35-28(6,7)8)25(23-18(2)12-10-13-19(23)3)26(33)30-24-20(4)14-11-15-21(24)5/h9-15,25H,1,16-17H2,2-8H3,(H,29,34)(H,30,33). The van der Waals surface area contributed by atoms with Crippen molar-refractivity contribution in [3.63, 3.8) is 0 Å². The second-order valence-corrected chi connectivity index (χ2v) is 9.65. The highest BCUT2D eigenvalue weighted by molar-refractivity contribution is 5.99. The molecule has 0 fully saturated rings. The zero-order valence-electron chi connectivity index (χ0n) is 21.8. The van der Waals surface area contributed by atoms with Crippen molar-refractivity contribution in [2.45, 2.75) is 60.1 Å². The molecule has 35 heavy (non-hydrogen) atoms. The fourth-order valence-corrected chi connectivity index (χ4v) is 3.94. The molecule has 7 heteroatoms. The molecule has 2 rings (SSSR count). The highest BCUT2D eigenvalue weighted by Gasteiger charge is 2.33. The average Bonchev–Trinajstić information content (AvgIpc) is 2.75. The lowest BCUT2D eigenvalue weighted by molar-refractivity contribution is -0.137. The summed E-state index contributed by atoms with van der Waals surface area (Å²) in [6.45, 7) is 16.5. The molecule has 0 aliphatic heterocycles. The molecule has 7 nitrogen and oxygen atoms in total. The summed E-state index contributed by atoms with van der Waals surface area (Å²) in [6, 6.07) is 10.6. The van der Waals surface area contributed by atoms with Crippen LogP contribution in [-0.2, 0) is 14.3 Å². The molecule has 0 saturated carbocycles. The number of benzene rings is 2. The van der Waals surface area contributed by atoms with Crippen LogP contribution in [0.15, 0.2) is 49.1 Å². The third-order valence-corrected chi connectivity index (χ3v) is 5.53. The minimum Gasteiger partial charge on any atom is -0.444 e. The number of para-hydroxylation sites is 1. The molecule has 0 bridgehead atoms. The van der Waals surface area contributed by atoms with Crippen molar-refractivity contribution < 1.29 is 19.1 Å². The number of amides is 3. The maximum Gasteiger partial charge on any atom is 0.408 e. The predicted molar refractivity (Wildman–Crippen MR) is 139 cm³/mol. The van der Waals surface area contributed by atoms with E-state index >= 15 is 0 Å². The van der Waals surface area contributed by atoms with Crippen molar-refractivity contribution in [1.29, 1.82) is 0 Å². The van der Waals surface area contributed by atoms with Gasteiger partial charge in [0.15, 0.2) is 0 Å². The zero-order valence-corrected chi connectivity index (χ0v) is 21.8. The SMILES string of the molecule is C=CCN(C(=O)CNC(=O)OC(C)(C)C)C(C(=O)Nc1c(C)cccc1C)c1c(C)cccc1C. The monoisotopic (exact) mass is 479 g/mol. The summed E-state index contributed by atoms with van der Waals surface area (Å²) >= 11 is 0. The van der Waals surface area contributed by atoms with Gasteiger partial charge in [0.1, 0.15) is 18.2 Å². The Morgan fingerprint density at radius 1 is 0.971 bits per heavy atom. The number of nitrogens with zero attached hydrogens (tertiary/aromatic N) is 1. The molecule has 0 spiro atoms. The summed E-state index contributed by atoms with van der Waals surface area (Å²) < 4.78 is 5.24. The minimum absolute atomic E-state index is 0.118. The second-order valence-electron chi connectivity index (χ2n) is 9.65. The molecule has 1 atom stereocenters. The van der Waals surface area contributed by atoms with E-state index in [1.807, 2.05) is 64.1 Å². The fourth-order valence-electron chi connectivity index (χ4n) is 3.94. The smallest absolute Gasteiger partial charge is 0.408 e. The highest BCUT2D eigenvalue weighted by Crippen LogP contribution is 2.30. The second kappa shape index (κ2) is 11.7. The number of ether oxygens (including phenoxy) is 1. The van der Waals surface area contributed by atoms with Crippen molar-refractivity contribution in [3.8, 4) is 0 Å². The maximum atomic E-state index is 13.8. The number of hydrogen-bond donors (Lipinski definition) is 2. The lowest BCUT2D eigenvalue weighted by Gasteiger charge is -2.33. The highest BCUT2D eigenvalue weighted by atomic mass is 16.6. The van der Waals surface area contributed by atoms with Gasteiger partial charge in [0.25, 0.3) is 5.91 Å². The van der Waals surface area contributed by atoms with Crippen molar-refractivity contribution in [2.75, 3.05) is 18.4 Å². The van der Waals surface area contributed by atoms with Gasteiger partial charge in [-0.1, -0.05) is 42.5 Å². The number of hydrogen-bond acceptors (Lipinski definition) is 4. The summed E-state index contributed by atoms with van der Waals surface area (Å²) in [5.74, 6) is -0.771. The molecule has 2 aromatic carbocycles. The van der Waals surface area contributed by atoms with Gasteiger partial charge >= 0.3 is 6.09 Å². The van der Waals surface area contributed by atoms with E-state index in [-0.39, 0.29) is 19.0 Å². The van der Waals surface area contributed by atoms with Crippen LogP contribution in [0.5, 0.6) is 0 Å². The zero-order chi connectivity index (χ0) is 26.3. The molecular formula is C28H37N3O4. The Labute approximate surface area is 208 Å². The van der Waals surface area contributed by atoms with Crippen LogP contribution in [0.1, 0.15) is 54.6 Å². The van der Waals surface area contributed by atoms with Gasteiger partial charge in [-0.25, -0.2) is 4.79 Å². The van der Waals surface area contributed by atoms with Crippen LogP contribution in [0.2, 0.25) is 0 Å². The molecular weight excluding hydrogens is 442 g/mol. The number of alkyl carbamates (subject to hydrolysis) is 1. The van der Waals surface area contributed by atoms with Crippen LogP contribution in [-0.4, -0.2) is 41.5 Å². The lowest BCUT2D eigenvalue weighted by Crippen LogP contribution is -2.47. The first kappa shape index (κ1) is 27.6. The molecule has 0 saturated heterocycles. The fraction of sp³-hybridized carbons (Fsp3) is 0.393. The molecule has 0 aliphatic carbocycles. The van der Waals surface area contributed by atoms with Gasteiger partial charge < -0.3 is 20.3 Å². The lowest BCUT2D eigenvalue weighted by atomic mass is 9.93. The molecule has 3 amide bonds. The topological polar surface area (TPSA) is 87.7 Å². The van der Waals surface area contributed by atoms with Gasteiger partial charge in [-0.2, -0.15) is 0 Å². The van der Waals surface area contributed by atoms with Crippen LogP contribution in [0.4, 0.5) is 10.5 Å². The van der Waals surface area contributed by atoms with E-state index in [2.05, 4.69) is 17.2 Å². The van der Waals surface area contributed by atoms with Gasteiger partial charge in [0.05, 0.1) is 0 Å².